The number of hydrogen-bond donors (Lipinski definition) is 1. The molecule has 1 saturated heterocycles. The number of amides is 1. The number of nitrogens with two attached hydrogens (primary N) is 1. The highest BCUT2D eigenvalue weighted by Crippen LogP contribution is 2.18. The van der Waals surface area contributed by atoms with Gasteiger partial charge in [0.15, 0.2) is 5.76 Å². The van der Waals surface area contributed by atoms with Gasteiger partial charge in [0.25, 0.3) is 5.91 Å². The molecule has 0 spiro atoms. The highest BCUT2D eigenvalue weighted by Gasteiger charge is 2.29. The summed E-state index contributed by atoms with van der Waals surface area (Å²) >= 11 is 0. The zero-order valence-electron chi connectivity index (χ0n) is 10.4. The molecule has 8 heteroatoms. The van der Waals surface area contributed by atoms with Gasteiger partial charge in [-0.1, -0.05) is 0 Å². The molecule has 2 rings (SSSR count). The predicted molar refractivity (Wildman–Crippen MR) is 64.7 cm³/mol. The van der Waals surface area contributed by atoms with Crippen molar-refractivity contribution in [2.45, 2.75) is 19.1 Å². The second-order valence-corrected chi connectivity index (χ2v) is 4.41. The van der Waals surface area contributed by atoms with E-state index in [1.54, 1.807) is 6.92 Å². The molecule has 2 atom stereocenters. The lowest BCUT2D eigenvalue weighted by Crippen LogP contribution is -2.51. The summed E-state index contributed by atoms with van der Waals surface area (Å²) in [6.45, 7) is 2.96. The molecule has 0 radical (unpaired) electrons. The van der Waals surface area contributed by atoms with Gasteiger partial charge < -0.3 is 19.8 Å². The Kier molecular flexibility index (Phi) is 3.82. The summed E-state index contributed by atoms with van der Waals surface area (Å²) in [5.74, 6) is -0.876. The van der Waals surface area contributed by atoms with Crippen molar-refractivity contribution >= 4 is 11.8 Å². The van der Waals surface area contributed by atoms with Crippen LogP contribution in [0.15, 0.2) is 16.5 Å². The summed E-state index contributed by atoms with van der Waals surface area (Å²) in [6, 6.07) is 2.27. The molecule has 1 amide bonds. The van der Waals surface area contributed by atoms with E-state index in [-0.39, 0.29) is 23.8 Å². The lowest BCUT2D eigenvalue weighted by Gasteiger charge is -2.34. The number of carbonyl (C=O) groups excluding carboxylic acids is 1. The molecular weight excluding hydrogens is 254 g/mol. The van der Waals surface area contributed by atoms with Gasteiger partial charge in [0.05, 0.1) is 18.8 Å². The Labute approximate surface area is 109 Å². The Morgan fingerprint density at radius 2 is 2.37 bits per heavy atom. The van der Waals surface area contributed by atoms with Gasteiger partial charge in [0, 0.05) is 19.1 Å². The quantitative estimate of drug-likeness (QED) is 0.627. The zero-order chi connectivity index (χ0) is 14.0. The van der Waals surface area contributed by atoms with Crippen molar-refractivity contribution in [1.29, 1.82) is 0 Å². The topological polar surface area (TPSA) is 112 Å². The van der Waals surface area contributed by atoms with Crippen LogP contribution in [0.2, 0.25) is 0 Å². The van der Waals surface area contributed by atoms with E-state index in [0.29, 0.717) is 19.7 Å². The number of rotatable bonds is 3. The predicted octanol–water partition coefficient (Wildman–Crippen LogP) is 0.376. The highest BCUT2D eigenvalue weighted by atomic mass is 16.6. The fourth-order valence-electron chi connectivity index (χ4n) is 1.87. The summed E-state index contributed by atoms with van der Waals surface area (Å²) in [7, 11) is 0. The van der Waals surface area contributed by atoms with Crippen LogP contribution in [0.5, 0.6) is 0 Å². The van der Waals surface area contributed by atoms with Crippen LogP contribution in [-0.2, 0) is 4.74 Å². The first-order valence-electron chi connectivity index (χ1n) is 5.89. The third-order valence-electron chi connectivity index (χ3n) is 2.95. The van der Waals surface area contributed by atoms with Gasteiger partial charge in [-0.15, -0.1) is 0 Å². The Morgan fingerprint density at radius 3 is 2.95 bits per heavy atom. The maximum absolute atomic E-state index is 12.1. The van der Waals surface area contributed by atoms with E-state index >= 15 is 0 Å². The molecule has 2 N–H and O–H groups in total. The van der Waals surface area contributed by atoms with Crippen molar-refractivity contribution in [3.63, 3.8) is 0 Å². The molecule has 104 valence electrons. The van der Waals surface area contributed by atoms with Crippen LogP contribution in [0, 0.1) is 10.1 Å². The Hall–Kier alpha value is -1.93. The van der Waals surface area contributed by atoms with Crippen molar-refractivity contribution < 1.29 is 18.9 Å². The van der Waals surface area contributed by atoms with Crippen molar-refractivity contribution in [1.82, 2.24) is 4.90 Å². The second-order valence-electron chi connectivity index (χ2n) is 4.41. The molecule has 2 unspecified atom stereocenters. The van der Waals surface area contributed by atoms with Crippen LogP contribution in [0.25, 0.3) is 0 Å². The fourth-order valence-corrected chi connectivity index (χ4v) is 1.87. The van der Waals surface area contributed by atoms with E-state index in [9.17, 15) is 14.9 Å². The molecule has 0 aromatic carbocycles. The van der Waals surface area contributed by atoms with Gasteiger partial charge in [-0.2, -0.15) is 0 Å². The first-order chi connectivity index (χ1) is 8.99. The molecular formula is C11H15N3O5. The monoisotopic (exact) mass is 269 g/mol. The van der Waals surface area contributed by atoms with E-state index in [4.69, 9.17) is 14.9 Å². The zero-order valence-corrected chi connectivity index (χ0v) is 10.4. The normalized spacial score (nSPS) is 21.2. The molecule has 1 aromatic heterocycles. The largest absolute Gasteiger partial charge is 0.433 e. The van der Waals surface area contributed by atoms with E-state index in [1.807, 2.05) is 0 Å². The van der Waals surface area contributed by atoms with Crippen molar-refractivity contribution in [2.75, 3.05) is 19.7 Å². The van der Waals surface area contributed by atoms with E-state index in [2.05, 4.69) is 0 Å². The summed E-state index contributed by atoms with van der Waals surface area (Å²) in [5, 5.41) is 10.5. The van der Waals surface area contributed by atoms with Crippen LogP contribution in [0.3, 0.4) is 0 Å². The smallest absolute Gasteiger partial charge is 0.395 e. The molecule has 1 aromatic rings. The molecule has 8 nitrogen and oxygen atoms in total. The van der Waals surface area contributed by atoms with Gasteiger partial charge in [-0.25, -0.2) is 0 Å². The molecule has 0 bridgehead atoms. The third kappa shape index (κ3) is 2.91. The average molecular weight is 269 g/mol. The minimum absolute atomic E-state index is 0.0444. The fraction of sp³-hybridized carbons (Fsp3) is 0.545. The molecule has 0 aliphatic carbocycles. The number of hydrogen-bond acceptors (Lipinski definition) is 6. The minimum atomic E-state index is -0.680. The first kappa shape index (κ1) is 13.5. The molecule has 1 aliphatic heterocycles. The van der Waals surface area contributed by atoms with Gasteiger partial charge in [-0.3, -0.25) is 14.9 Å². The van der Waals surface area contributed by atoms with Crippen LogP contribution < -0.4 is 5.73 Å². The maximum Gasteiger partial charge on any atom is 0.433 e. The number of furan rings is 1. The van der Waals surface area contributed by atoms with Gasteiger partial charge >= 0.3 is 5.88 Å². The van der Waals surface area contributed by atoms with Crippen molar-refractivity contribution in [2.24, 2.45) is 5.73 Å². The lowest BCUT2D eigenvalue weighted by atomic mass is 10.1. The third-order valence-corrected chi connectivity index (χ3v) is 2.95. The van der Waals surface area contributed by atoms with Gasteiger partial charge in [0.2, 0.25) is 0 Å². The van der Waals surface area contributed by atoms with Crippen LogP contribution in [0.1, 0.15) is 17.5 Å². The highest BCUT2D eigenvalue weighted by molar-refractivity contribution is 5.91. The van der Waals surface area contributed by atoms with Crippen molar-refractivity contribution in [3.05, 3.63) is 28.0 Å². The summed E-state index contributed by atoms with van der Waals surface area (Å²) in [6.07, 6.45) is -0.234. The Balaban J connectivity index is 2.08. The Morgan fingerprint density at radius 1 is 1.63 bits per heavy atom. The Bertz CT molecular complexity index is 484. The van der Waals surface area contributed by atoms with E-state index in [0.717, 1.165) is 6.07 Å². The van der Waals surface area contributed by atoms with Crippen LogP contribution in [0.4, 0.5) is 5.88 Å². The van der Waals surface area contributed by atoms with Gasteiger partial charge in [-0.05, 0) is 13.0 Å². The van der Waals surface area contributed by atoms with Crippen LogP contribution >= 0.6 is 0 Å². The summed E-state index contributed by atoms with van der Waals surface area (Å²) < 4.78 is 10.3. The number of ether oxygens (including phenoxy) is 1. The SMILES string of the molecule is CC(N)C1CN(C(=O)c2ccc([N+](=O)[O-])o2)CCO1. The summed E-state index contributed by atoms with van der Waals surface area (Å²) in [5.41, 5.74) is 5.74. The maximum atomic E-state index is 12.1. The van der Waals surface area contributed by atoms with Gasteiger partial charge in [0.1, 0.15) is 4.92 Å². The molecule has 1 fully saturated rings. The van der Waals surface area contributed by atoms with Crippen molar-refractivity contribution in [3.8, 4) is 0 Å². The van der Waals surface area contributed by atoms with Crippen LogP contribution in [-0.4, -0.2) is 47.6 Å². The molecule has 1 aliphatic rings. The second kappa shape index (κ2) is 5.37. The lowest BCUT2D eigenvalue weighted by molar-refractivity contribution is -0.402. The first-order valence-corrected chi connectivity index (χ1v) is 5.89. The summed E-state index contributed by atoms with van der Waals surface area (Å²) in [4.78, 5) is 23.5. The average Bonchev–Trinajstić information content (AvgIpc) is 2.87. The van der Waals surface area contributed by atoms with E-state index in [1.165, 1.54) is 11.0 Å². The molecule has 2 heterocycles. The number of morpholine rings is 1. The molecule has 0 saturated carbocycles. The number of carbonyl (C=O) groups is 1. The number of nitrogens with zero attached hydrogens (tertiary/aromatic N) is 2. The van der Waals surface area contributed by atoms with E-state index < -0.39 is 10.8 Å². The minimum Gasteiger partial charge on any atom is -0.395 e. The number of nitro groups is 1. The standard InChI is InChI=1S/C11H15N3O5/c1-7(12)9-6-13(4-5-18-9)11(15)8-2-3-10(19-8)14(16)17/h2-3,7,9H,4-6,12H2,1H3. The molecule has 19 heavy (non-hydrogen) atoms.